The summed E-state index contributed by atoms with van der Waals surface area (Å²) in [4.78, 5) is 4.29. The van der Waals surface area contributed by atoms with Crippen LogP contribution in [0.5, 0.6) is 0 Å². The molecular formula is C13H19N3S. The monoisotopic (exact) mass is 249 g/mol. The summed E-state index contributed by atoms with van der Waals surface area (Å²) in [6, 6.07) is 6.47. The van der Waals surface area contributed by atoms with Gasteiger partial charge in [-0.05, 0) is 36.6 Å². The summed E-state index contributed by atoms with van der Waals surface area (Å²) < 4.78 is 1.18. The molecule has 0 aliphatic heterocycles. The molecule has 1 atom stereocenters. The number of nitrogens with zero attached hydrogens (tertiary/aromatic N) is 1. The number of nitrogens with two attached hydrogens (primary N) is 1. The lowest BCUT2D eigenvalue weighted by atomic mass is 9.88. The molecule has 3 N–H and O–H groups in total. The molecule has 0 saturated heterocycles. The maximum atomic E-state index is 5.73. The van der Waals surface area contributed by atoms with Crippen LogP contribution in [0.3, 0.4) is 0 Å². The molecule has 0 spiro atoms. The van der Waals surface area contributed by atoms with Crippen molar-refractivity contribution < 1.29 is 0 Å². The van der Waals surface area contributed by atoms with Crippen LogP contribution in [0.25, 0.3) is 10.2 Å². The summed E-state index contributed by atoms with van der Waals surface area (Å²) in [5, 5.41) is 3.91. The molecular weight excluding hydrogens is 230 g/mol. The van der Waals surface area contributed by atoms with Gasteiger partial charge in [0.05, 0.1) is 10.2 Å². The number of hydrogen-bond donors (Lipinski definition) is 2. The van der Waals surface area contributed by atoms with Gasteiger partial charge in [0, 0.05) is 6.54 Å². The highest BCUT2D eigenvalue weighted by Gasteiger charge is 2.15. The minimum Gasteiger partial charge on any atom is -0.375 e. The number of thiazole rings is 1. The van der Waals surface area contributed by atoms with Crippen molar-refractivity contribution in [3.05, 3.63) is 23.8 Å². The molecule has 0 bridgehead atoms. The molecule has 2 aromatic rings. The van der Waals surface area contributed by atoms with Crippen LogP contribution in [0.1, 0.15) is 25.3 Å². The van der Waals surface area contributed by atoms with E-state index >= 15 is 0 Å². The lowest BCUT2D eigenvalue weighted by molar-refractivity contribution is 0.479. The highest BCUT2D eigenvalue weighted by Crippen LogP contribution is 2.30. The standard InChI is InChI=1S/C13H19N3S/c1-8(2)10(7-15-3)9-4-5-11-12(6-9)17-13(14)16-11/h4-6,8,10,15H,7H2,1-3H3,(H2,14,16). The first-order valence-corrected chi connectivity index (χ1v) is 6.74. The Morgan fingerprint density at radius 3 is 2.82 bits per heavy atom. The normalized spacial score (nSPS) is 13.4. The number of aromatic nitrogens is 1. The van der Waals surface area contributed by atoms with E-state index < -0.39 is 0 Å². The van der Waals surface area contributed by atoms with Gasteiger partial charge in [0.15, 0.2) is 5.13 Å². The second-order valence-electron chi connectivity index (χ2n) is 4.69. The molecule has 0 aliphatic rings. The summed E-state index contributed by atoms with van der Waals surface area (Å²) >= 11 is 1.56. The van der Waals surface area contributed by atoms with Gasteiger partial charge >= 0.3 is 0 Å². The average Bonchev–Trinajstić information content (AvgIpc) is 2.64. The van der Waals surface area contributed by atoms with Gasteiger partial charge < -0.3 is 11.1 Å². The zero-order valence-electron chi connectivity index (χ0n) is 10.5. The van der Waals surface area contributed by atoms with Crippen molar-refractivity contribution in [3.63, 3.8) is 0 Å². The Labute approximate surface area is 106 Å². The van der Waals surface area contributed by atoms with Crippen LogP contribution in [0.4, 0.5) is 5.13 Å². The second-order valence-corrected chi connectivity index (χ2v) is 5.75. The van der Waals surface area contributed by atoms with E-state index in [0.717, 1.165) is 12.1 Å². The molecule has 0 radical (unpaired) electrons. The lowest BCUT2D eigenvalue weighted by Crippen LogP contribution is -2.21. The molecule has 0 amide bonds. The molecule has 2 rings (SSSR count). The first-order chi connectivity index (χ1) is 8.11. The Hall–Kier alpha value is -1.13. The number of benzene rings is 1. The minimum atomic E-state index is 0.535. The largest absolute Gasteiger partial charge is 0.375 e. The number of nitrogens with one attached hydrogen (secondary N) is 1. The van der Waals surface area contributed by atoms with Crippen molar-refractivity contribution in [2.24, 2.45) is 5.92 Å². The summed E-state index contributed by atoms with van der Waals surface area (Å²) in [7, 11) is 2.00. The van der Waals surface area contributed by atoms with Crippen LogP contribution in [-0.2, 0) is 0 Å². The van der Waals surface area contributed by atoms with Crippen LogP contribution >= 0.6 is 11.3 Å². The van der Waals surface area contributed by atoms with Crippen LogP contribution in [0.15, 0.2) is 18.2 Å². The van der Waals surface area contributed by atoms with Crippen molar-refractivity contribution in [2.45, 2.75) is 19.8 Å². The van der Waals surface area contributed by atoms with Crippen molar-refractivity contribution >= 4 is 26.7 Å². The van der Waals surface area contributed by atoms with Crippen LogP contribution in [-0.4, -0.2) is 18.6 Å². The zero-order valence-corrected chi connectivity index (χ0v) is 11.3. The van der Waals surface area contributed by atoms with E-state index in [0.29, 0.717) is 17.0 Å². The Morgan fingerprint density at radius 1 is 1.41 bits per heavy atom. The second kappa shape index (κ2) is 5.02. The van der Waals surface area contributed by atoms with Crippen LogP contribution < -0.4 is 11.1 Å². The fourth-order valence-corrected chi connectivity index (χ4v) is 2.93. The number of fused-ring (bicyclic) bond motifs is 1. The smallest absolute Gasteiger partial charge is 0.181 e. The topological polar surface area (TPSA) is 50.9 Å². The minimum absolute atomic E-state index is 0.535. The molecule has 3 nitrogen and oxygen atoms in total. The SMILES string of the molecule is CNCC(c1ccc2nc(N)sc2c1)C(C)C. The summed E-state index contributed by atoms with van der Waals surface area (Å²) in [6.07, 6.45) is 0. The third-order valence-corrected chi connectivity index (χ3v) is 3.93. The lowest BCUT2D eigenvalue weighted by Gasteiger charge is -2.20. The molecule has 4 heteroatoms. The Balaban J connectivity index is 2.39. The third-order valence-electron chi connectivity index (χ3n) is 3.09. The Bertz CT molecular complexity index is 504. The molecule has 1 unspecified atom stereocenters. The fraction of sp³-hybridized carbons (Fsp3) is 0.462. The van der Waals surface area contributed by atoms with Gasteiger partial charge in [0.25, 0.3) is 0 Å². The fourth-order valence-electron chi connectivity index (χ4n) is 2.15. The maximum Gasteiger partial charge on any atom is 0.181 e. The number of likely N-dealkylation sites (N-methyl/N-ethyl adjacent to an activating group) is 1. The van der Waals surface area contributed by atoms with E-state index in [2.05, 4.69) is 42.3 Å². The van der Waals surface area contributed by atoms with E-state index in [9.17, 15) is 0 Å². The highest BCUT2D eigenvalue weighted by atomic mass is 32.1. The number of nitrogen functional groups attached to an aromatic ring is 1. The molecule has 1 aromatic carbocycles. The molecule has 92 valence electrons. The van der Waals surface area contributed by atoms with Crippen LogP contribution in [0.2, 0.25) is 0 Å². The first-order valence-electron chi connectivity index (χ1n) is 5.92. The number of rotatable bonds is 4. The number of anilines is 1. The van der Waals surface area contributed by atoms with Crippen LogP contribution in [0, 0.1) is 5.92 Å². The van der Waals surface area contributed by atoms with Gasteiger partial charge in [-0.1, -0.05) is 31.3 Å². The maximum absolute atomic E-state index is 5.73. The van der Waals surface area contributed by atoms with Crippen molar-refractivity contribution in [1.29, 1.82) is 0 Å². The summed E-state index contributed by atoms with van der Waals surface area (Å²) in [5.41, 5.74) is 8.10. The summed E-state index contributed by atoms with van der Waals surface area (Å²) in [5.74, 6) is 1.15. The quantitative estimate of drug-likeness (QED) is 0.876. The van der Waals surface area contributed by atoms with E-state index in [1.54, 1.807) is 11.3 Å². The summed E-state index contributed by atoms with van der Waals surface area (Å²) in [6.45, 7) is 5.51. The van der Waals surface area contributed by atoms with Crippen molar-refractivity contribution in [2.75, 3.05) is 19.3 Å². The third kappa shape index (κ3) is 2.58. The Morgan fingerprint density at radius 2 is 2.18 bits per heavy atom. The van der Waals surface area contributed by atoms with Gasteiger partial charge in [-0.3, -0.25) is 0 Å². The van der Waals surface area contributed by atoms with Gasteiger partial charge in [-0.25, -0.2) is 4.98 Å². The van der Waals surface area contributed by atoms with Gasteiger partial charge in [-0.15, -0.1) is 0 Å². The predicted molar refractivity (Wildman–Crippen MR) is 75.5 cm³/mol. The molecule has 1 heterocycles. The zero-order chi connectivity index (χ0) is 12.4. The van der Waals surface area contributed by atoms with E-state index in [1.807, 2.05) is 7.05 Å². The van der Waals surface area contributed by atoms with Gasteiger partial charge in [0.2, 0.25) is 0 Å². The number of hydrogen-bond acceptors (Lipinski definition) is 4. The molecule has 0 fully saturated rings. The first kappa shape index (κ1) is 12.3. The molecule has 0 saturated carbocycles. The van der Waals surface area contributed by atoms with Crippen molar-refractivity contribution in [1.82, 2.24) is 10.3 Å². The predicted octanol–water partition coefficient (Wildman–Crippen LogP) is 2.84. The van der Waals surface area contributed by atoms with E-state index in [4.69, 9.17) is 5.73 Å². The molecule has 0 aliphatic carbocycles. The van der Waals surface area contributed by atoms with Gasteiger partial charge in [0.1, 0.15) is 0 Å². The van der Waals surface area contributed by atoms with Crippen molar-refractivity contribution in [3.8, 4) is 0 Å². The average molecular weight is 249 g/mol. The van der Waals surface area contributed by atoms with Gasteiger partial charge in [-0.2, -0.15) is 0 Å². The van der Waals surface area contributed by atoms with E-state index in [-0.39, 0.29) is 0 Å². The molecule has 17 heavy (non-hydrogen) atoms. The Kier molecular flexibility index (Phi) is 3.64. The molecule has 1 aromatic heterocycles. The highest BCUT2D eigenvalue weighted by molar-refractivity contribution is 7.22. The van der Waals surface area contributed by atoms with E-state index in [1.165, 1.54) is 10.3 Å².